The van der Waals surface area contributed by atoms with Gasteiger partial charge in [0, 0.05) is 25.7 Å². The third kappa shape index (κ3) is 4.98. The Morgan fingerprint density at radius 1 is 0.970 bits per heavy atom. The van der Waals surface area contributed by atoms with Gasteiger partial charge in [-0.25, -0.2) is 8.42 Å². The van der Waals surface area contributed by atoms with Crippen molar-refractivity contribution in [2.45, 2.75) is 4.90 Å². The van der Waals surface area contributed by atoms with E-state index in [1.165, 1.54) is 35.6 Å². The van der Waals surface area contributed by atoms with E-state index in [-0.39, 0.29) is 10.8 Å². The van der Waals surface area contributed by atoms with Crippen LogP contribution in [0.2, 0.25) is 5.02 Å². The first-order valence-electron chi connectivity index (χ1n) is 10.4. The zero-order valence-corrected chi connectivity index (χ0v) is 19.6. The molecule has 1 aliphatic rings. The molecule has 0 saturated carbocycles. The summed E-state index contributed by atoms with van der Waals surface area (Å²) in [6.45, 7) is 2.53. The van der Waals surface area contributed by atoms with Crippen molar-refractivity contribution in [1.82, 2.24) is 0 Å². The van der Waals surface area contributed by atoms with Crippen LogP contribution in [0.25, 0.3) is 0 Å². The highest BCUT2D eigenvalue weighted by atomic mass is 35.5. The molecule has 9 heteroatoms. The van der Waals surface area contributed by atoms with Crippen LogP contribution in [-0.4, -0.2) is 47.7 Å². The first-order valence-corrected chi connectivity index (χ1v) is 12.3. The average Bonchev–Trinajstić information content (AvgIpc) is 2.85. The molecule has 0 bridgehead atoms. The monoisotopic (exact) mass is 485 g/mol. The van der Waals surface area contributed by atoms with E-state index in [1.807, 2.05) is 6.07 Å². The van der Waals surface area contributed by atoms with Crippen LogP contribution in [0.4, 0.5) is 17.1 Å². The summed E-state index contributed by atoms with van der Waals surface area (Å²) in [5, 5.41) is 3.45. The first kappa shape index (κ1) is 23.1. The Bertz CT molecular complexity index is 1230. The van der Waals surface area contributed by atoms with Gasteiger partial charge in [-0.15, -0.1) is 0 Å². The van der Waals surface area contributed by atoms with Crippen LogP contribution in [0, 0.1) is 0 Å². The fraction of sp³-hybridized carbons (Fsp3) is 0.208. The van der Waals surface area contributed by atoms with E-state index in [0.717, 1.165) is 5.69 Å². The van der Waals surface area contributed by atoms with Crippen LogP contribution in [0.15, 0.2) is 77.7 Å². The molecule has 0 aliphatic carbocycles. The molecule has 1 fully saturated rings. The second kappa shape index (κ2) is 9.82. The van der Waals surface area contributed by atoms with Crippen molar-refractivity contribution in [3.63, 3.8) is 0 Å². The van der Waals surface area contributed by atoms with Crippen molar-refractivity contribution in [2.24, 2.45) is 0 Å². The third-order valence-corrected chi connectivity index (χ3v) is 7.56. The predicted octanol–water partition coefficient (Wildman–Crippen LogP) is 4.25. The lowest BCUT2D eigenvalue weighted by atomic mass is 10.2. The largest absolute Gasteiger partial charge is 0.378 e. The maximum absolute atomic E-state index is 13.0. The maximum atomic E-state index is 13.0. The standard InChI is InChI=1S/C24H24ClN3O4S/c1-27(19-6-3-2-4-7-19)33(30,31)20-12-10-18(11-13-20)24(29)26-22-9-5-8-21(25)23(22)28-14-16-32-17-15-28/h2-13H,14-17H2,1H3,(H,26,29). The molecule has 1 aliphatic heterocycles. The van der Waals surface area contributed by atoms with Gasteiger partial charge in [0.15, 0.2) is 0 Å². The van der Waals surface area contributed by atoms with E-state index in [1.54, 1.807) is 42.5 Å². The van der Waals surface area contributed by atoms with Gasteiger partial charge in [0.05, 0.1) is 40.2 Å². The lowest BCUT2D eigenvalue weighted by molar-refractivity contribution is 0.102. The second-order valence-corrected chi connectivity index (χ2v) is 9.90. The van der Waals surface area contributed by atoms with Crippen LogP contribution in [0.3, 0.4) is 0 Å². The molecule has 1 N–H and O–H groups in total. The van der Waals surface area contributed by atoms with E-state index in [9.17, 15) is 13.2 Å². The number of halogens is 1. The van der Waals surface area contributed by atoms with Crippen molar-refractivity contribution in [3.05, 3.63) is 83.4 Å². The molecule has 0 unspecified atom stereocenters. The highest BCUT2D eigenvalue weighted by molar-refractivity contribution is 7.92. The number of nitrogens with one attached hydrogen (secondary N) is 1. The first-order chi connectivity index (χ1) is 15.9. The Labute approximate surface area is 198 Å². The van der Waals surface area contributed by atoms with Crippen LogP contribution in [0.5, 0.6) is 0 Å². The highest BCUT2D eigenvalue weighted by Crippen LogP contribution is 2.34. The van der Waals surface area contributed by atoms with Gasteiger partial charge in [-0.1, -0.05) is 35.9 Å². The molecule has 1 heterocycles. The number of carbonyl (C=O) groups is 1. The summed E-state index contributed by atoms with van der Waals surface area (Å²) in [5.41, 5.74) is 2.23. The van der Waals surface area contributed by atoms with E-state index in [4.69, 9.17) is 16.3 Å². The molecule has 4 rings (SSSR count). The minimum Gasteiger partial charge on any atom is -0.378 e. The number of hydrogen-bond acceptors (Lipinski definition) is 5. The lowest BCUT2D eigenvalue weighted by Crippen LogP contribution is -2.37. The maximum Gasteiger partial charge on any atom is 0.264 e. The number of amides is 1. The Kier molecular flexibility index (Phi) is 6.88. The molecule has 7 nitrogen and oxygen atoms in total. The van der Waals surface area contributed by atoms with Crippen LogP contribution < -0.4 is 14.5 Å². The van der Waals surface area contributed by atoms with Gasteiger partial charge in [-0.05, 0) is 48.5 Å². The summed E-state index contributed by atoms with van der Waals surface area (Å²) < 4.78 is 32.5. The van der Waals surface area contributed by atoms with E-state index in [2.05, 4.69) is 10.2 Å². The molecule has 3 aromatic carbocycles. The Hall–Kier alpha value is -3.07. The molecule has 1 saturated heterocycles. The van der Waals surface area contributed by atoms with Crippen LogP contribution in [-0.2, 0) is 14.8 Å². The van der Waals surface area contributed by atoms with Gasteiger partial charge in [0.25, 0.3) is 15.9 Å². The lowest BCUT2D eigenvalue weighted by Gasteiger charge is -2.31. The number of sulfonamides is 1. The summed E-state index contributed by atoms with van der Waals surface area (Å²) in [6, 6.07) is 20.0. The number of para-hydroxylation sites is 2. The fourth-order valence-corrected chi connectivity index (χ4v) is 5.12. The number of hydrogen-bond donors (Lipinski definition) is 1. The zero-order valence-electron chi connectivity index (χ0n) is 18.1. The van der Waals surface area contributed by atoms with Crippen molar-refractivity contribution in [2.75, 3.05) is 47.9 Å². The number of anilines is 3. The van der Waals surface area contributed by atoms with Gasteiger partial charge in [0.1, 0.15) is 0 Å². The second-order valence-electron chi connectivity index (χ2n) is 7.52. The Balaban J connectivity index is 1.54. The number of ether oxygens (including phenoxy) is 1. The van der Waals surface area contributed by atoms with Crippen molar-refractivity contribution < 1.29 is 17.9 Å². The molecular formula is C24H24ClN3O4S. The Morgan fingerprint density at radius 3 is 2.30 bits per heavy atom. The van der Waals surface area contributed by atoms with Gasteiger partial charge in [0.2, 0.25) is 0 Å². The summed E-state index contributed by atoms with van der Waals surface area (Å²) in [4.78, 5) is 15.1. The summed E-state index contributed by atoms with van der Waals surface area (Å²) >= 11 is 6.44. The predicted molar refractivity (Wildman–Crippen MR) is 131 cm³/mol. The third-order valence-electron chi connectivity index (χ3n) is 5.46. The summed E-state index contributed by atoms with van der Waals surface area (Å²) in [5.74, 6) is -0.355. The van der Waals surface area contributed by atoms with E-state index < -0.39 is 10.0 Å². The number of morpholine rings is 1. The number of benzene rings is 3. The molecule has 0 radical (unpaired) electrons. The smallest absolute Gasteiger partial charge is 0.264 e. The quantitative estimate of drug-likeness (QED) is 0.564. The molecular weight excluding hydrogens is 462 g/mol. The molecule has 33 heavy (non-hydrogen) atoms. The molecule has 1 amide bonds. The SMILES string of the molecule is CN(c1ccccc1)S(=O)(=O)c1ccc(C(=O)Nc2cccc(Cl)c2N2CCOCC2)cc1. The van der Waals surface area contributed by atoms with Crippen molar-refractivity contribution in [3.8, 4) is 0 Å². The number of rotatable bonds is 6. The molecule has 172 valence electrons. The summed E-state index contributed by atoms with van der Waals surface area (Å²) in [6.07, 6.45) is 0. The normalized spacial score (nSPS) is 14.1. The molecule has 3 aromatic rings. The average molecular weight is 486 g/mol. The van der Waals surface area contributed by atoms with Gasteiger partial charge in [-0.3, -0.25) is 9.10 Å². The van der Waals surface area contributed by atoms with Crippen molar-refractivity contribution in [1.29, 1.82) is 0 Å². The van der Waals surface area contributed by atoms with Crippen LogP contribution in [0.1, 0.15) is 10.4 Å². The Morgan fingerprint density at radius 2 is 1.64 bits per heavy atom. The van der Waals surface area contributed by atoms with Gasteiger partial charge >= 0.3 is 0 Å². The minimum absolute atomic E-state index is 0.0992. The van der Waals surface area contributed by atoms with Gasteiger partial charge < -0.3 is 15.0 Å². The summed E-state index contributed by atoms with van der Waals surface area (Å²) in [7, 11) is -2.26. The van der Waals surface area contributed by atoms with Gasteiger partial charge in [-0.2, -0.15) is 0 Å². The van der Waals surface area contributed by atoms with E-state index >= 15 is 0 Å². The molecule has 0 atom stereocenters. The van der Waals surface area contributed by atoms with Crippen molar-refractivity contribution >= 4 is 44.6 Å². The minimum atomic E-state index is -3.75. The molecule has 0 aromatic heterocycles. The highest BCUT2D eigenvalue weighted by Gasteiger charge is 2.22. The number of nitrogens with zero attached hydrogens (tertiary/aromatic N) is 2. The number of carbonyl (C=O) groups excluding carboxylic acids is 1. The molecule has 0 spiro atoms. The zero-order chi connectivity index (χ0) is 23.4. The fourth-order valence-electron chi connectivity index (χ4n) is 3.63. The van der Waals surface area contributed by atoms with E-state index in [0.29, 0.717) is 48.3 Å². The van der Waals surface area contributed by atoms with Crippen LogP contribution >= 0.6 is 11.6 Å². The topological polar surface area (TPSA) is 79.0 Å².